The minimum atomic E-state index is -0.217. The lowest BCUT2D eigenvalue weighted by Crippen LogP contribution is -2.37. The Labute approximate surface area is 160 Å². The van der Waals surface area contributed by atoms with Gasteiger partial charge < -0.3 is 14.4 Å². The molecule has 4 rings (SSSR count). The molecule has 0 bridgehead atoms. The van der Waals surface area contributed by atoms with Gasteiger partial charge in [-0.3, -0.25) is 9.59 Å². The number of imidazole rings is 1. The zero-order valence-corrected chi connectivity index (χ0v) is 16.4. The van der Waals surface area contributed by atoms with Crippen LogP contribution in [0.2, 0.25) is 0 Å². The zero-order chi connectivity index (χ0) is 19.1. The highest BCUT2D eigenvalue weighted by molar-refractivity contribution is 5.89. The topological polar surface area (TPSA) is 58.4 Å². The first-order chi connectivity index (χ1) is 13.0. The largest absolute Gasteiger partial charge is 0.345 e. The zero-order valence-electron chi connectivity index (χ0n) is 16.4. The molecule has 2 aromatic rings. The van der Waals surface area contributed by atoms with Gasteiger partial charge in [-0.2, -0.15) is 0 Å². The molecular formula is C21H28N4O2. The molecule has 1 aromatic heterocycles. The molecule has 0 N–H and O–H groups in total. The minimum absolute atomic E-state index is 0.00431. The predicted octanol–water partition coefficient (Wildman–Crippen LogP) is 2.83. The summed E-state index contributed by atoms with van der Waals surface area (Å²) in [6, 6.07) is 8.21. The summed E-state index contributed by atoms with van der Waals surface area (Å²) in [5.41, 5.74) is 2.12. The lowest BCUT2D eigenvalue weighted by atomic mass is 10.1. The van der Waals surface area contributed by atoms with Crippen LogP contribution >= 0.6 is 0 Å². The number of nitrogens with zero attached hydrogens (tertiary/aromatic N) is 4. The van der Waals surface area contributed by atoms with Crippen LogP contribution in [-0.4, -0.2) is 51.3 Å². The van der Waals surface area contributed by atoms with Crippen LogP contribution in [0.4, 0.5) is 0 Å². The Balaban J connectivity index is 1.67. The fourth-order valence-corrected chi connectivity index (χ4v) is 4.47. The second-order valence-electron chi connectivity index (χ2n) is 8.33. The molecule has 2 saturated heterocycles. The monoisotopic (exact) mass is 368 g/mol. The number of rotatable bonds is 4. The van der Waals surface area contributed by atoms with Crippen LogP contribution in [0, 0.1) is 11.8 Å². The van der Waals surface area contributed by atoms with Crippen molar-refractivity contribution in [3.63, 3.8) is 0 Å². The van der Waals surface area contributed by atoms with Crippen LogP contribution in [0.3, 0.4) is 0 Å². The standard InChI is InChI=1S/C21H28N4O2/c1-14(2)12-25-17-8-5-4-7-16(17)22-20(25)18-9-6-10-24(18)21(27)15-11-19(26)23(3)13-15/h4-5,7-8,14-15,18H,6,9-13H2,1-3H3/t15-,18+/m1/s1. The molecule has 2 amide bonds. The molecule has 2 aliphatic heterocycles. The molecule has 3 heterocycles. The van der Waals surface area contributed by atoms with Crippen LogP contribution in [0.15, 0.2) is 24.3 Å². The summed E-state index contributed by atoms with van der Waals surface area (Å²) < 4.78 is 2.29. The molecule has 0 radical (unpaired) electrons. The second-order valence-corrected chi connectivity index (χ2v) is 8.33. The number of hydrogen-bond acceptors (Lipinski definition) is 3. The number of carbonyl (C=O) groups is 2. The van der Waals surface area contributed by atoms with E-state index in [1.807, 2.05) is 23.1 Å². The third-order valence-electron chi connectivity index (χ3n) is 5.76. The van der Waals surface area contributed by atoms with Crippen molar-refractivity contribution in [2.75, 3.05) is 20.1 Å². The highest BCUT2D eigenvalue weighted by atomic mass is 16.2. The van der Waals surface area contributed by atoms with Crippen molar-refractivity contribution in [1.29, 1.82) is 0 Å². The number of benzene rings is 1. The Hall–Kier alpha value is -2.37. The molecule has 144 valence electrons. The summed E-state index contributed by atoms with van der Waals surface area (Å²) in [5.74, 6) is 1.45. The van der Waals surface area contributed by atoms with Gasteiger partial charge in [-0.25, -0.2) is 4.98 Å². The van der Waals surface area contributed by atoms with E-state index in [9.17, 15) is 9.59 Å². The molecule has 2 atom stereocenters. The Kier molecular flexibility index (Phi) is 4.66. The molecule has 0 spiro atoms. The van der Waals surface area contributed by atoms with E-state index in [1.54, 1.807) is 11.9 Å². The van der Waals surface area contributed by atoms with Gasteiger partial charge in [-0.05, 0) is 30.9 Å². The summed E-state index contributed by atoms with van der Waals surface area (Å²) in [6.07, 6.45) is 2.25. The minimum Gasteiger partial charge on any atom is -0.345 e. The van der Waals surface area contributed by atoms with Crippen molar-refractivity contribution in [2.45, 2.75) is 45.7 Å². The predicted molar refractivity (Wildman–Crippen MR) is 104 cm³/mol. The molecule has 0 saturated carbocycles. The number of para-hydroxylation sites is 2. The van der Waals surface area contributed by atoms with Gasteiger partial charge in [0, 0.05) is 33.1 Å². The molecule has 6 nitrogen and oxygen atoms in total. The van der Waals surface area contributed by atoms with Gasteiger partial charge in [0.05, 0.1) is 23.0 Å². The van der Waals surface area contributed by atoms with Crippen LogP contribution < -0.4 is 0 Å². The maximum atomic E-state index is 13.2. The Morgan fingerprint density at radius 1 is 1.30 bits per heavy atom. The molecule has 1 aromatic carbocycles. The van der Waals surface area contributed by atoms with E-state index in [1.165, 1.54) is 0 Å². The Bertz CT molecular complexity index is 872. The fourth-order valence-electron chi connectivity index (χ4n) is 4.47. The SMILES string of the molecule is CC(C)Cn1c([C@@H]2CCCN2C(=O)[C@@H]2CC(=O)N(C)C2)nc2ccccc21. The first-order valence-corrected chi connectivity index (χ1v) is 9.95. The van der Waals surface area contributed by atoms with E-state index in [-0.39, 0.29) is 23.8 Å². The Morgan fingerprint density at radius 3 is 2.78 bits per heavy atom. The summed E-state index contributed by atoms with van der Waals surface area (Å²) in [5, 5.41) is 0. The molecule has 0 aliphatic carbocycles. The fraction of sp³-hybridized carbons (Fsp3) is 0.571. The molecule has 6 heteroatoms. The van der Waals surface area contributed by atoms with E-state index in [0.29, 0.717) is 18.9 Å². The first-order valence-electron chi connectivity index (χ1n) is 9.95. The van der Waals surface area contributed by atoms with Crippen molar-refractivity contribution < 1.29 is 9.59 Å². The average Bonchev–Trinajstić information content (AvgIpc) is 3.32. The second kappa shape index (κ2) is 6.98. The third-order valence-corrected chi connectivity index (χ3v) is 5.76. The van der Waals surface area contributed by atoms with Gasteiger partial charge in [0.2, 0.25) is 11.8 Å². The van der Waals surface area contributed by atoms with Crippen LogP contribution in [-0.2, 0) is 16.1 Å². The molecule has 2 fully saturated rings. The smallest absolute Gasteiger partial charge is 0.228 e. The van der Waals surface area contributed by atoms with E-state index in [2.05, 4.69) is 24.5 Å². The van der Waals surface area contributed by atoms with Crippen molar-refractivity contribution in [3.8, 4) is 0 Å². The maximum absolute atomic E-state index is 13.2. The summed E-state index contributed by atoms with van der Waals surface area (Å²) in [6.45, 7) is 6.58. The van der Waals surface area contributed by atoms with Gasteiger partial charge in [0.1, 0.15) is 5.82 Å². The summed E-state index contributed by atoms with van der Waals surface area (Å²) in [4.78, 5) is 33.6. The van der Waals surface area contributed by atoms with Crippen molar-refractivity contribution in [3.05, 3.63) is 30.1 Å². The van der Waals surface area contributed by atoms with Gasteiger partial charge in [-0.1, -0.05) is 26.0 Å². The molecule has 0 unspecified atom stereocenters. The van der Waals surface area contributed by atoms with E-state index < -0.39 is 0 Å². The molecule has 27 heavy (non-hydrogen) atoms. The summed E-state index contributed by atoms with van der Waals surface area (Å²) >= 11 is 0. The highest BCUT2D eigenvalue weighted by Gasteiger charge is 2.40. The van der Waals surface area contributed by atoms with Crippen molar-refractivity contribution in [1.82, 2.24) is 19.4 Å². The van der Waals surface area contributed by atoms with Gasteiger partial charge in [0.25, 0.3) is 0 Å². The van der Waals surface area contributed by atoms with Crippen molar-refractivity contribution in [2.24, 2.45) is 11.8 Å². The molecule has 2 aliphatic rings. The first kappa shape index (κ1) is 18.0. The normalized spacial score (nSPS) is 23.2. The van der Waals surface area contributed by atoms with E-state index >= 15 is 0 Å². The number of likely N-dealkylation sites (tertiary alicyclic amines) is 2. The van der Waals surface area contributed by atoms with Gasteiger partial charge in [0.15, 0.2) is 0 Å². The quantitative estimate of drug-likeness (QED) is 0.834. The summed E-state index contributed by atoms with van der Waals surface area (Å²) in [7, 11) is 1.78. The van der Waals surface area contributed by atoms with Crippen LogP contribution in [0.25, 0.3) is 11.0 Å². The number of hydrogen-bond donors (Lipinski definition) is 0. The highest BCUT2D eigenvalue weighted by Crippen LogP contribution is 2.36. The molecular weight excluding hydrogens is 340 g/mol. The van der Waals surface area contributed by atoms with E-state index in [0.717, 1.165) is 42.8 Å². The Morgan fingerprint density at radius 2 is 2.07 bits per heavy atom. The van der Waals surface area contributed by atoms with Gasteiger partial charge in [-0.15, -0.1) is 0 Å². The number of fused-ring (bicyclic) bond motifs is 1. The van der Waals surface area contributed by atoms with Crippen LogP contribution in [0.1, 0.15) is 45.0 Å². The average molecular weight is 368 g/mol. The lowest BCUT2D eigenvalue weighted by molar-refractivity contribution is -0.136. The number of amides is 2. The number of aromatic nitrogens is 2. The van der Waals surface area contributed by atoms with Gasteiger partial charge >= 0.3 is 0 Å². The van der Waals surface area contributed by atoms with Crippen molar-refractivity contribution >= 4 is 22.8 Å². The third kappa shape index (κ3) is 3.22. The maximum Gasteiger partial charge on any atom is 0.228 e. The number of carbonyl (C=O) groups excluding carboxylic acids is 2. The lowest BCUT2D eigenvalue weighted by Gasteiger charge is -2.27. The van der Waals surface area contributed by atoms with Crippen LogP contribution in [0.5, 0.6) is 0 Å². The van der Waals surface area contributed by atoms with E-state index in [4.69, 9.17) is 4.98 Å².